The van der Waals surface area contributed by atoms with Gasteiger partial charge < -0.3 is 0 Å². The zero-order valence-electron chi connectivity index (χ0n) is 14.1. The number of carbonyl (C=O) groups excluding carboxylic acids is 2. The van der Waals surface area contributed by atoms with Gasteiger partial charge in [0.05, 0.1) is 15.4 Å². The van der Waals surface area contributed by atoms with E-state index < -0.39 is 0 Å². The monoisotopic (exact) mass is 372 g/mol. The summed E-state index contributed by atoms with van der Waals surface area (Å²) in [7, 11) is 0. The minimum absolute atomic E-state index is 0.124. The predicted octanol–water partition coefficient (Wildman–Crippen LogP) is 3.84. The first-order chi connectivity index (χ1) is 11.9. The number of anilines is 1. The molecule has 1 amide bonds. The summed E-state index contributed by atoms with van der Waals surface area (Å²) in [5, 5.41) is 4.28. The number of nitrogens with one attached hydrogen (secondary N) is 1. The summed E-state index contributed by atoms with van der Waals surface area (Å²) >= 11 is 2.63. The number of ketones is 1. The van der Waals surface area contributed by atoms with Crippen LogP contribution in [0.4, 0.5) is 5.13 Å². The number of fused-ring (bicyclic) bond motifs is 2. The second kappa shape index (κ2) is 5.96. The van der Waals surface area contributed by atoms with Crippen LogP contribution in [0.3, 0.4) is 0 Å². The molecule has 3 aromatic rings. The molecule has 0 aromatic carbocycles. The van der Waals surface area contributed by atoms with Crippen LogP contribution in [0.2, 0.25) is 0 Å². The second-order valence-electron chi connectivity index (χ2n) is 6.12. The Morgan fingerprint density at radius 2 is 1.88 bits per heavy atom. The van der Waals surface area contributed by atoms with Crippen molar-refractivity contribution in [1.29, 1.82) is 0 Å². The summed E-state index contributed by atoms with van der Waals surface area (Å²) in [5.41, 5.74) is 2.57. The molecular weight excluding hydrogens is 356 g/mol. The fraction of sp³-hybridized carbons (Fsp3) is 0.353. The molecule has 3 aromatic heterocycles. The molecule has 6 nitrogen and oxygen atoms in total. The number of rotatable bonds is 2. The van der Waals surface area contributed by atoms with Gasteiger partial charge in [0.1, 0.15) is 10.7 Å². The van der Waals surface area contributed by atoms with Crippen LogP contribution in [-0.2, 0) is 6.42 Å². The molecule has 0 bridgehead atoms. The third-order valence-electron chi connectivity index (χ3n) is 4.28. The predicted molar refractivity (Wildman–Crippen MR) is 99.0 cm³/mol. The van der Waals surface area contributed by atoms with Crippen molar-refractivity contribution in [3.8, 4) is 0 Å². The number of carbonyl (C=O) groups is 2. The van der Waals surface area contributed by atoms with Gasteiger partial charge >= 0.3 is 0 Å². The van der Waals surface area contributed by atoms with E-state index in [0.29, 0.717) is 27.1 Å². The molecule has 0 radical (unpaired) electrons. The zero-order chi connectivity index (χ0) is 17.7. The molecule has 3 heterocycles. The smallest absolute Gasteiger partial charge is 0.267 e. The van der Waals surface area contributed by atoms with Gasteiger partial charge in [-0.15, -0.1) is 11.3 Å². The van der Waals surface area contributed by atoms with Crippen molar-refractivity contribution in [3.63, 3.8) is 0 Å². The van der Waals surface area contributed by atoms with Crippen LogP contribution in [0, 0.1) is 20.8 Å². The lowest BCUT2D eigenvalue weighted by molar-refractivity contribution is 0.0975. The third kappa shape index (κ3) is 2.75. The van der Waals surface area contributed by atoms with E-state index >= 15 is 0 Å². The maximum absolute atomic E-state index is 12.7. The number of aryl methyl sites for hydroxylation is 4. The maximum atomic E-state index is 12.7. The molecule has 1 aliphatic rings. The summed E-state index contributed by atoms with van der Waals surface area (Å²) in [4.78, 5) is 40.0. The number of thiophene rings is 1. The summed E-state index contributed by atoms with van der Waals surface area (Å²) in [5.74, 6) is 0.610. The van der Waals surface area contributed by atoms with E-state index in [1.165, 1.54) is 22.7 Å². The number of Topliss-reactive ketones (excluding diaryl/α,β-unsaturated/α-hetero) is 1. The Balaban J connectivity index is 1.68. The fourth-order valence-corrected chi connectivity index (χ4v) is 5.31. The molecule has 1 aliphatic carbocycles. The quantitative estimate of drug-likeness (QED) is 0.739. The largest absolute Gasteiger partial charge is 0.297 e. The third-order valence-corrected chi connectivity index (χ3v) is 6.52. The van der Waals surface area contributed by atoms with Crippen LogP contribution in [0.5, 0.6) is 0 Å². The van der Waals surface area contributed by atoms with Crippen molar-refractivity contribution in [2.75, 3.05) is 5.32 Å². The summed E-state index contributed by atoms with van der Waals surface area (Å²) in [6.45, 7) is 5.69. The van der Waals surface area contributed by atoms with Gasteiger partial charge in [0, 0.05) is 17.5 Å². The van der Waals surface area contributed by atoms with Gasteiger partial charge in [-0.1, -0.05) is 11.3 Å². The van der Waals surface area contributed by atoms with Crippen LogP contribution in [0.1, 0.15) is 55.0 Å². The van der Waals surface area contributed by atoms with E-state index in [4.69, 9.17) is 0 Å². The molecule has 0 saturated heterocycles. The van der Waals surface area contributed by atoms with Gasteiger partial charge in [0.2, 0.25) is 0 Å². The standard InChI is InChI=1S/C17H16N4O2S2/c1-7-12-8(2)18-9(3)19-16(12)24-13(7)15(23)21-17-20-10-5-4-6-11(22)14(10)25-17/h4-6H2,1-3H3,(H,20,21,23). The highest BCUT2D eigenvalue weighted by Gasteiger charge is 2.24. The molecular formula is C17H16N4O2S2. The minimum Gasteiger partial charge on any atom is -0.297 e. The molecule has 0 fully saturated rings. The topological polar surface area (TPSA) is 84.8 Å². The number of hydrogen-bond donors (Lipinski definition) is 1. The summed E-state index contributed by atoms with van der Waals surface area (Å²) in [6.07, 6.45) is 2.19. The Labute approximate surface area is 152 Å². The van der Waals surface area contributed by atoms with Gasteiger partial charge in [-0.2, -0.15) is 0 Å². The number of nitrogens with zero attached hydrogens (tertiary/aromatic N) is 3. The molecule has 8 heteroatoms. The van der Waals surface area contributed by atoms with Gasteiger partial charge in [0.25, 0.3) is 5.91 Å². The molecule has 0 unspecified atom stereocenters. The number of hydrogen-bond acceptors (Lipinski definition) is 7. The van der Waals surface area contributed by atoms with E-state index in [9.17, 15) is 9.59 Å². The van der Waals surface area contributed by atoms with Crippen molar-refractivity contribution in [3.05, 3.63) is 32.5 Å². The van der Waals surface area contributed by atoms with Gasteiger partial charge in [0.15, 0.2) is 10.9 Å². The lowest BCUT2D eigenvalue weighted by atomic mass is 10.0. The maximum Gasteiger partial charge on any atom is 0.267 e. The van der Waals surface area contributed by atoms with Crippen LogP contribution >= 0.6 is 22.7 Å². The molecule has 0 saturated carbocycles. The average molecular weight is 372 g/mol. The van der Waals surface area contributed by atoms with Crippen molar-refractivity contribution in [2.24, 2.45) is 0 Å². The fourth-order valence-electron chi connectivity index (χ4n) is 3.17. The Bertz CT molecular complexity index is 1040. The second-order valence-corrected chi connectivity index (χ2v) is 8.12. The molecule has 25 heavy (non-hydrogen) atoms. The summed E-state index contributed by atoms with van der Waals surface area (Å²) < 4.78 is 0. The van der Waals surface area contributed by atoms with E-state index in [2.05, 4.69) is 20.3 Å². The highest BCUT2D eigenvalue weighted by molar-refractivity contribution is 7.21. The van der Waals surface area contributed by atoms with Crippen LogP contribution in [0.25, 0.3) is 10.2 Å². The first kappa shape index (κ1) is 16.3. The Morgan fingerprint density at radius 1 is 1.08 bits per heavy atom. The molecule has 128 valence electrons. The van der Waals surface area contributed by atoms with Crippen molar-refractivity contribution >= 4 is 49.7 Å². The number of amides is 1. The van der Waals surface area contributed by atoms with Crippen molar-refractivity contribution < 1.29 is 9.59 Å². The highest BCUT2D eigenvalue weighted by atomic mass is 32.1. The van der Waals surface area contributed by atoms with Gasteiger partial charge in [-0.05, 0) is 39.2 Å². The van der Waals surface area contributed by atoms with E-state index in [0.717, 1.165) is 40.0 Å². The Kier molecular flexibility index (Phi) is 3.88. The Hall–Kier alpha value is -2.19. The van der Waals surface area contributed by atoms with Crippen molar-refractivity contribution in [1.82, 2.24) is 15.0 Å². The first-order valence-electron chi connectivity index (χ1n) is 8.02. The SMILES string of the molecule is Cc1nc(C)c2c(C)c(C(=O)Nc3nc4c(s3)C(=O)CCC4)sc2n1. The molecule has 0 atom stereocenters. The molecule has 0 aliphatic heterocycles. The normalized spacial score (nSPS) is 14.0. The van der Waals surface area contributed by atoms with E-state index in [-0.39, 0.29) is 11.7 Å². The lowest BCUT2D eigenvalue weighted by Crippen LogP contribution is -2.11. The zero-order valence-corrected chi connectivity index (χ0v) is 15.7. The molecule has 4 rings (SSSR count). The van der Waals surface area contributed by atoms with Crippen molar-refractivity contribution in [2.45, 2.75) is 40.0 Å². The van der Waals surface area contributed by atoms with Crippen LogP contribution in [-0.4, -0.2) is 26.6 Å². The average Bonchev–Trinajstić information content (AvgIpc) is 3.09. The van der Waals surface area contributed by atoms with E-state index in [1.54, 1.807) is 0 Å². The molecule has 1 N–H and O–H groups in total. The first-order valence-corrected chi connectivity index (χ1v) is 9.66. The lowest BCUT2D eigenvalue weighted by Gasteiger charge is -2.05. The number of thiazole rings is 1. The Morgan fingerprint density at radius 3 is 2.64 bits per heavy atom. The summed E-state index contributed by atoms with van der Waals surface area (Å²) in [6, 6.07) is 0. The minimum atomic E-state index is -0.212. The molecule has 0 spiro atoms. The van der Waals surface area contributed by atoms with Crippen LogP contribution in [0.15, 0.2) is 0 Å². The van der Waals surface area contributed by atoms with E-state index in [1.807, 2.05) is 20.8 Å². The number of aromatic nitrogens is 3. The van der Waals surface area contributed by atoms with Crippen LogP contribution < -0.4 is 5.32 Å². The highest BCUT2D eigenvalue weighted by Crippen LogP contribution is 2.33. The van der Waals surface area contributed by atoms with Gasteiger partial charge in [-0.3, -0.25) is 14.9 Å². The van der Waals surface area contributed by atoms with Gasteiger partial charge in [-0.25, -0.2) is 15.0 Å².